The van der Waals surface area contributed by atoms with Gasteiger partial charge >= 0.3 is 5.69 Å². The van der Waals surface area contributed by atoms with Gasteiger partial charge in [0.25, 0.3) is 0 Å². The number of nitrogens with zero attached hydrogens (tertiary/aromatic N) is 3. The Morgan fingerprint density at radius 1 is 1.15 bits per heavy atom. The molecule has 0 amide bonds. The molecular formula is C23H29ClN6O4. The Hall–Kier alpha value is -3.08. The third-order valence-corrected chi connectivity index (χ3v) is 6.13. The quantitative estimate of drug-likeness (QED) is 0.299. The summed E-state index contributed by atoms with van der Waals surface area (Å²) in [5.74, 6) is 1.76. The van der Waals surface area contributed by atoms with Gasteiger partial charge in [0.2, 0.25) is 0 Å². The van der Waals surface area contributed by atoms with Crippen molar-refractivity contribution in [3.05, 3.63) is 46.4 Å². The summed E-state index contributed by atoms with van der Waals surface area (Å²) in [5, 5.41) is 21.4. The molecule has 4 aromatic rings. The van der Waals surface area contributed by atoms with Crippen LogP contribution < -0.4 is 15.2 Å². The summed E-state index contributed by atoms with van der Waals surface area (Å²) in [4.78, 5) is 19.3. The van der Waals surface area contributed by atoms with Gasteiger partial charge in [0.05, 0.1) is 12.1 Å². The topological polar surface area (TPSA) is 132 Å². The molecule has 5 rings (SSSR count). The van der Waals surface area contributed by atoms with E-state index in [2.05, 4.69) is 30.3 Å². The largest absolute Gasteiger partial charge is 0.491 e. The Labute approximate surface area is 202 Å². The Morgan fingerprint density at radius 2 is 1.97 bits per heavy atom. The zero-order valence-corrected chi connectivity index (χ0v) is 19.7. The predicted molar refractivity (Wildman–Crippen MR) is 131 cm³/mol. The van der Waals surface area contributed by atoms with Crippen molar-refractivity contribution >= 4 is 34.5 Å². The Kier molecular flexibility index (Phi) is 7.40. The number of hydrogen-bond acceptors (Lipinski definition) is 7. The molecule has 1 unspecified atom stereocenters. The minimum atomic E-state index is -0.594. The second kappa shape index (κ2) is 10.5. The maximum Gasteiger partial charge on any atom is 0.323 e. The van der Waals surface area contributed by atoms with Crippen molar-refractivity contribution in [1.82, 2.24) is 30.3 Å². The third-order valence-electron chi connectivity index (χ3n) is 6.13. The van der Waals surface area contributed by atoms with Crippen molar-refractivity contribution in [2.24, 2.45) is 5.92 Å². The van der Waals surface area contributed by atoms with Gasteiger partial charge in [-0.15, -0.1) is 12.4 Å². The monoisotopic (exact) mass is 488 g/mol. The lowest BCUT2D eigenvalue weighted by Crippen LogP contribution is -2.41. The second-order valence-corrected chi connectivity index (χ2v) is 8.73. The summed E-state index contributed by atoms with van der Waals surface area (Å²) < 4.78 is 11.9. The lowest BCUT2D eigenvalue weighted by Gasteiger charge is -2.33. The van der Waals surface area contributed by atoms with Crippen LogP contribution in [0.1, 0.15) is 18.4 Å². The molecule has 10 nitrogen and oxygen atoms in total. The molecule has 34 heavy (non-hydrogen) atoms. The number of likely N-dealkylation sites (tertiary alicyclic amines) is 1. The van der Waals surface area contributed by atoms with E-state index in [4.69, 9.17) is 9.47 Å². The van der Waals surface area contributed by atoms with Crippen molar-refractivity contribution in [2.45, 2.75) is 25.9 Å². The van der Waals surface area contributed by atoms with Crippen molar-refractivity contribution in [1.29, 1.82) is 0 Å². The normalized spacial score (nSPS) is 15.9. The van der Waals surface area contributed by atoms with Crippen molar-refractivity contribution < 1.29 is 14.6 Å². The molecule has 0 saturated carbocycles. The smallest absolute Gasteiger partial charge is 0.323 e. The van der Waals surface area contributed by atoms with Gasteiger partial charge < -0.3 is 29.4 Å². The van der Waals surface area contributed by atoms with Crippen molar-refractivity contribution in [2.75, 3.05) is 32.8 Å². The first-order valence-electron chi connectivity index (χ1n) is 11.2. The summed E-state index contributed by atoms with van der Waals surface area (Å²) in [6, 6.07) is 9.44. The summed E-state index contributed by atoms with van der Waals surface area (Å²) in [6.45, 7) is 5.14. The van der Waals surface area contributed by atoms with Gasteiger partial charge in [-0.1, -0.05) is 6.07 Å². The Balaban J connectivity index is 0.00000274. The number of β-amino-alcohol motifs (C(OH)–C–C–N with tert-alkyl or cyclic N) is 1. The number of ether oxygens (including phenoxy) is 2. The predicted octanol–water partition coefficient (Wildman–Crippen LogP) is 2.39. The highest BCUT2D eigenvalue weighted by atomic mass is 35.5. The van der Waals surface area contributed by atoms with Gasteiger partial charge in [0.15, 0.2) is 5.52 Å². The van der Waals surface area contributed by atoms with E-state index in [0.717, 1.165) is 42.5 Å². The third kappa shape index (κ3) is 5.35. The van der Waals surface area contributed by atoms with Crippen LogP contribution in [-0.4, -0.2) is 74.3 Å². The number of rotatable bonds is 8. The Bertz CT molecular complexity index is 1290. The van der Waals surface area contributed by atoms with E-state index in [0.29, 0.717) is 41.6 Å². The molecule has 2 aromatic heterocycles. The standard InChI is InChI=1S/C23H28N6O4.ClH/c1-14-9-18-22(27-28-26-18)20(10-14)33-13-16(30)11-29-7-5-15(6-8-29)12-32-19-4-2-3-17-21(19)25-23(31)24-17;/h2-4,9-10,15-16,30H,5-8,11-13H2,1H3,(H2,24,25,31)(H,26,27,28);1H. The molecule has 1 atom stereocenters. The summed E-state index contributed by atoms with van der Waals surface area (Å²) in [6.07, 6.45) is 1.39. The number of H-pyrrole nitrogens is 3. The van der Waals surface area contributed by atoms with Crippen LogP contribution in [0.15, 0.2) is 35.1 Å². The number of piperidine rings is 1. The zero-order chi connectivity index (χ0) is 22.8. The highest BCUT2D eigenvalue weighted by Crippen LogP contribution is 2.25. The molecule has 0 bridgehead atoms. The number of hydrogen-bond donors (Lipinski definition) is 4. The molecule has 0 spiro atoms. The highest BCUT2D eigenvalue weighted by molar-refractivity contribution is 5.85. The molecular weight excluding hydrogens is 460 g/mol. The number of aromatic nitrogens is 5. The molecule has 4 N–H and O–H groups in total. The van der Waals surface area contributed by atoms with Crippen molar-refractivity contribution in [3.8, 4) is 11.5 Å². The molecule has 2 aromatic carbocycles. The van der Waals surface area contributed by atoms with E-state index in [1.807, 2.05) is 37.3 Å². The molecule has 1 fully saturated rings. The Morgan fingerprint density at radius 3 is 2.79 bits per heavy atom. The van der Waals surface area contributed by atoms with Crippen LogP contribution in [0.3, 0.4) is 0 Å². The number of aliphatic hydroxyl groups is 1. The lowest BCUT2D eigenvalue weighted by molar-refractivity contribution is 0.0507. The SMILES string of the molecule is Cc1cc(OCC(O)CN2CCC(COc3cccc4[nH]c(=O)[nH]c34)CC2)c2n[nH]nc2c1.Cl. The fourth-order valence-corrected chi connectivity index (χ4v) is 4.40. The summed E-state index contributed by atoms with van der Waals surface area (Å²) >= 11 is 0. The van der Waals surface area contributed by atoms with E-state index in [1.165, 1.54) is 0 Å². The van der Waals surface area contributed by atoms with E-state index in [1.54, 1.807) is 0 Å². The highest BCUT2D eigenvalue weighted by Gasteiger charge is 2.22. The minimum Gasteiger partial charge on any atom is -0.491 e. The molecule has 1 saturated heterocycles. The summed E-state index contributed by atoms with van der Waals surface area (Å²) in [7, 11) is 0. The second-order valence-electron chi connectivity index (χ2n) is 8.73. The van der Waals surface area contributed by atoms with Gasteiger partial charge in [-0.25, -0.2) is 4.79 Å². The van der Waals surface area contributed by atoms with Gasteiger partial charge in [-0.05, 0) is 68.6 Å². The number of para-hydroxylation sites is 1. The average Bonchev–Trinajstić information content (AvgIpc) is 3.42. The first kappa shape index (κ1) is 24.1. The average molecular weight is 489 g/mol. The van der Waals surface area contributed by atoms with Gasteiger partial charge in [-0.2, -0.15) is 15.4 Å². The first-order chi connectivity index (χ1) is 16.0. The zero-order valence-electron chi connectivity index (χ0n) is 18.9. The van der Waals surface area contributed by atoms with E-state index < -0.39 is 6.10 Å². The summed E-state index contributed by atoms with van der Waals surface area (Å²) in [5.41, 5.74) is 3.68. The van der Waals surface area contributed by atoms with Crippen LogP contribution in [0.5, 0.6) is 11.5 Å². The van der Waals surface area contributed by atoms with Crippen LogP contribution >= 0.6 is 12.4 Å². The maximum atomic E-state index is 11.5. The minimum absolute atomic E-state index is 0. The van der Waals surface area contributed by atoms with Crippen LogP contribution in [0.4, 0.5) is 0 Å². The van der Waals surface area contributed by atoms with Gasteiger partial charge in [0, 0.05) is 6.54 Å². The van der Waals surface area contributed by atoms with E-state index in [-0.39, 0.29) is 24.7 Å². The van der Waals surface area contributed by atoms with E-state index in [9.17, 15) is 9.90 Å². The number of benzene rings is 2. The molecule has 1 aliphatic heterocycles. The van der Waals surface area contributed by atoms with Crippen LogP contribution in [0.25, 0.3) is 22.1 Å². The first-order valence-corrected chi connectivity index (χ1v) is 11.2. The van der Waals surface area contributed by atoms with Crippen LogP contribution in [-0.2, 0) is 0 Å². The number of imidazole rings is 1. The van der Waals surface area contributed by atoms with Gasteiger partial charge in [-0.3, -0.25) is 0 Å². The maximum absolute atomic E-state index is 11.5. The van der Waals surface area contributed by atoms with Crippen LogP contribution in [0.2, 0.25) is 0 Å². The number of aromatic amines is 3. The fourth-order valence-electron chi connectivity index (χ4n) is 4.40. The fraction of sp³-hybridized carbons (Fsp3) is 0.435. The number of fused-ring (bicyclic) bond motifs is 2. The molecule has 182 valence electrons. The van der Waals surface area contributed by atoms with E-state index >= 15 is 0 Å². The van der Waals surface area contributed by atoms with Crippen molar-refractivity contribution in [3.63, 3.8) is 0 Å². The molecule has 3 heterocycles. The molecule has 0 radical (unpaired) electrons. The number of aryl methyl sites for hydroxylation is 1. The molecule has 1 aliphatic rings. The molecule has 0 aliphatic carbocycles. The lowest BCUT2D eigenvalue weighted by atomic mass is 9.97. The molecule has 11 heteroatoms. The van der Waals surface area contributed by atoms with Crippen LogP contribution in [0, 0.1) is 12.8 Å². The number of nitrogens with one attached hydrogen (secondary N) is 3. The number of aliphatic hydroxyl groups excluding tert-OH is 1. The number of halogens is 1. The van der Waals surface area contributed by atoms with Gasteiger partial charge in [0.1, 0.15) is 35.2 Å².